The Hall–Kier alpha value is -1.89. The lowest BCUT2D eigenvalue weighted by atomic mass is 9.48. The van der Waals surface area contributed by atoms with E-state index in [1.807, 2.05) is 0 Å². The van der Waals surface area contributed by atoms with E-state index in [4.69, 9.17) is 9.26 Å². The Labute approximate surface area is 146 Å². The maximum atomic E-state index is 12.9. The monoisotopic (exact) mass is 348 g/mol. The average Bonchev–Trinajstić information content (AvgIpc) is 2.89. The summed E-state index contributed by atoms with van der Waals surface area (Å²) in [4.78, 5) is 25.1. The first kappa shape index (κ1) is 16.6. The molecule has 4 aliphatic rings. The molecule has 0 aliphatic heterocycles. The summed E-state index contributed by atoms with van der Waals surface area (Å²) in [6.07, 6.45) is 3.74. The third kappa shape index (κ3) is 2.94. The number of rotatable bonds is 4. The molecular formula is C18H24N2O5. The third-order valence-electron chi connectivity index (χ3n) is 5.99. The fourth-order valence-electron chi connectivity index (χ4n) is 5.44. The number of amides is 1. The molecule has 3 atom stereocenters. The topological polar surface area (TPSA) is 102 Å². The molecule has 4 aliphatic carbocycles. The molecule has 1 heterocycles. The van der Waals surface area contributed by atoms with Gasteiger partial charge in [-0.15, -0.1) is 0 Å². The number of nitrogens with one attached hydrogen (secondary N) is 1. The first-order chi connectivity index (χ1) is 11.8. The molecule has 7 nitrogen and oxygen atoms in total. The molecule has 0 radical (unpaired) electrons. The summed E-state index contributed by atoms with van der Waals surface area (Å²) in [6.45, 7) is 3.30. The minimum atomic E-state index is -0.930. The number of anilines is 1. The molecule has 0 unspecified atom stereocenters. The summed E-state index contributed by atoms with van der Waals surface area (Å²) in [5.41, 5.74) is -0.705. The van der Waals surface area contributed by atoms with E-state index in [-0.39, 0.29) is 11.9 Å². The zero-order chi connectivity index (χ0) is 17.8. The van der Waals surface area contributed by atoms with E-state index in [1.165, 1.54) is 0 Å². The Morgan fingerprint density at radius 2 is 2.04 bits per heavy atom. The highest BCUT2D eigenvalue weighted by Crippen LogP contribution is 2.62. The number of hydrogen-bond acceptors (Lipinski definition) is 6. The number of aryl methyl sites for hydroxylation is 1. The van der Waals surface area contributed by atoms with Gasteiger partial charge >= 0.3 is 5.97 Å². The first-order valence-electron chi connectivity index (χ1n) is 8.95. The van der Waals surface area contributed by atoms with Crippen molar-refractivity contribution in [3.63, 3.8) is 0 Å². The van der Waals surface area contributed by atoms with Crippen LogP contribution in [-0.4, -0.2) is 33.8 Å². The summed E-state index contributed by atoms with van der Waals surface area (Å²) in [6, 6.07) is 1.60. The molecule has 0 spiro atoms. The van der Waals surface area contributed by atoms with Gasteiger partial charge in [0.05, 0.1) is 16.7 Å². The summed E-state index contributed by atoms with van der Waals surface area (Å²) < 4.78 is 10.4. The largest absolute Gasteiger partial charge is 0.452 e. The number of nitrogens with zero attached hydrogens (tertiary/aromatic N) is 1. The molecule has 1 amide bonds. The fourth-order valence-corrected chi connectivity index (χ4v) is 5.44. The van der Waals surface area contributed by atoms with Crippen LogP contribution in [-0.2, 0) is 14.3 Å². The van der Waals surface area contributed by atoms with Crippen LogP contribution >= 0.6 is 0 Å². The smallest absolute Gasteiger partial charge is 0.312 e. The number of ether oxygens (including phenoxy) is 1. The van der Waals surface area contributed by atoms with Gasteiger partial charge in [-0.2, -0.15) is 0 Å². The van der Waals surface area contributed by atoms with Crippen molar-refractivity contribution in [2.24, 2.45) is 17.3 Å². The molecule has 1 aromatic heterocycles. The number of carbonyl (C=O) groups is 2. The Bertz CT molecular complexity index is 698. The van der Waals surface area contributed by atoms with Crippen LogP contribution < -0.4 is 5.32 Å². The van der Waals surface area contributed by atoms with Gasteiger partial charge in [0.25, 0.3) is 5.91 Å². The quantitative estimate of drug-likeness (QED) is 0.809. The minimum Gasteiger partial charge on any atom is -0.452 e. The second kappa shape index (κ2) is 5.56. The molecule has 7 heteroatoms. The van der Waals surface area contributed by atoms with Gasteiger partial charge in [-0.3, -0.25) is 14.9 Å². The maximum absolute atomic E-state index is 12.9. The summed E-state index contributed by atoms with van der Waals surface area (Å²) in [5.74, 6) is 0.207. The van der Waals surface area contributed by atoms with Crippen molar-refractivity contribution in [1.29, 1.82) is 0 Å². The van der Waals surface area contributed by atoms with Crippen LogP contribution in [0, 0.1) is 24.2 Å². The second-order valence-corrected chi connectivity index (χ2v) is 8.34. The average molecular weight is 348 g/mol. The minimum absolute atomic E-state index is 0.231. The summed E-state index contributed by atoms with van der Waals surface area (Å²) in [7, 11) is 0. The van der Waals surface area contributed by atoms with E-state index < -0.39 is 23.0 Å². The van der Waals surface area contributed by atoms with E-state index in [0.29, 0.717) is 24.0 Å². The van der Waals surface area contributed by atoms with Crippen molar-refractivity contribution >= 4 is 17.8 Å². The van der Waals surface area contributed by atoms with Crippen molar-refractivity contribution in [3.8, 4) is 0 Å². The zero-order valence-corrected chi connectivity index (χ0v) is 14.6. The van der Waals surface area contributed by atoms with E-state index in [1.54, 1.807) is 19.9 Å². The van der Waals surface area contributed by atoms with Crippen molar-refractivity contribution in [1.82, 2.24) is 5.16 Å². The lowest BCUT2D eigenvalue weighted by Crippen LogP contribution is -2.59. The van der Waals surface area contributed by atoms with E-state index in [2.05, 4.69) is 10.5 Å². The van der Waals surface area contributed by atoms with Gasteiger partial charge in [0, 0.05) is 6.07 Å². The van der Waals surface area contributed by atoms with Crippen LogP contribution in [0.25, 0.3) is 0 Å². The van der Waals surface area contributed by atoms with Crippen LogP contribution in [0.5, 0.6) is 0 Å². The Kier molecular flexibility index (Phi) is 3.68. The van der Waals surface area contributed by atoms with Crippen LogP contribution in [0.15, 0.2) is 10.6 Å². The molecule has 25 heavy (non-hydrogen) atoms. The van der Waals surface area contributed by atoms with Gasteiger partial charge < -0.3 is 14.4 Å². The highest BCUT2D eigenvalue weighted by atomic mass is 16.5. The number of esters is 1. The van der Waals surface area contributed by atoms with Crippen LogP contribution in [0.1, 0.15) is 51.1 Å². The predicted octanol–water partition coefficient (Wildman–Crippen LogP) is 2.18. The van der Waals surface area contributed by atoms with E-state index in [9.17, 15) is 14.7 Å². The molecule has 136 valence electrons. The highest BCUT2D eigenvalue weighted by molar-refractivity contribution is 5.94. The van der Waals surface area contributed by atoms with Gasteiger partial charge in [-0.25, -0.2) is 0 Å². The van der Waals surface area contributed by atoms with Crippen molar-refractivity contribution in [3.05, 3.63) is 11.8 Å². The van der Waals surface area contributed by atoms with Crippen molar-refractivity contribution in [2.45, 2.75) is 64.1 Å². The molecule has 0 aromatic carbocycles. The number of aliphatic hydroxyl groups is 1. The normalized spacial score (nSPS) is 36.9. The van der Waals surface area contributed by atoms with Crippen LogP contribution in [0.3, 0.4) is 0 Å². The van der Waals surface area contributed by atoms with Gasteiger partial charge in [0.1, 0.15) is 0 Å². The first-order valence-corrected chi connectivity index (χ1v) is 8.95. The fraction of sp³-hybridized carbons (Fsp3) is 0.722. The third-order valence-corrected chi connectivity index (χ3v) is 5.99. The van der Waals surface area contributed by atoms with Crippen molar-refractivity contribution < 1.29 is 24.0 Å². The second-order valence-electron chi connectivity index (χ2n) is 8.34. The van der Waals surface area contributed by atoms with Crippen LogP contribution in [0.4, 0.5) is 5.88 Å². The standard InChI is InChI=1S/C18H24N2O5/c1-10-3-14(25-20-10)19-15(21)11(2)24-16(22)17-5-12-4-13(6-17)8-18(23,7-12)9-17/h3,11-13,23H,4-9H2,1-2H3,(H,19,21)/t11-,12+,13+,17?,18?/m0/s1. The summed E-state index contributed by atoms with van der Waals surface area (Å²) in [5, 5.41) is 17.0. The Balaban J connectivity index is 1.42. The number of hydrogen-bond donors (Lipinski definition) is 2. The molecule has 1 aromatic rings. The molecular weight excluding hydrogens is 324 g/mol. The summed E-state index contributed by atoms with van der Waals surface area (Å²) >= 11 is 0. The zero-order valence-electron chi connectivity index (χ0n) is 14.6. The molecule has 2 N–H and O–H groups in total. The van der Waals surface area contributed by atoms with Gasteiger partial charge in [0.15, 0.2) is 6.10 Å². The van der Waals surface area contributed by atoms with Gasteiger partial charge in [-0.05, 0) is 64.2 Å². The molecule has 4 saturated carbocycles. The van der Waals surface area contributed by atoms with Gasteiger partial charge in [-0.1, -0.05) is 5.16 Å². The number of aromatic nitrogens is 1. The SMILES string of the molecule is Cc1cc(NC(=O)[C@H](C)OC(=O)C23C[C@H]4C[C@@H](CC(O)(C4)C2)C3)on1. The Morgan fingerprint density at radius 3 is 2.60 bits per heavy atom. The van der Waals surface area contributed by atoms with Gasteiger partial charge in [0.2, 0.25) is 5.88 Å². The molecule has 5 rings (SSSR count). The Morgan fingerprint density at radius 1 is 1.36 bits per heavy atom. The lowest BCUT2D eigenvalue weighted by Gasteiger charge is -2.58. The number of carbonyl (C=O) groups excluding carboxylic acids is 2. The van der Waals surface area contributed by atoms with Crippen molar-refractivity contribution in [2.75, 3.05) is 5.32 Å². The molecule has 4 fully saturated rings. The van der Waals surface area contributed by atoms with E-state index >= 15 is 0 Å². The maximum Gasteiger partial charge on any atom is 0.312 e. The predicted molar refractivity (Wildman–Crippen MR) is 87.5 cm³/mol. The molecule has 0 saturated heterocycles. The van der Waals surface area contributed by atoms with Crippen LogP contribution in [0.2, 0.25) is 0 Å². The lowest BCUT2D eigenvalue weighted by molar-refractivity contribution is -0.199. The molecule has 4 bridgehead atoms. The van der Waals surface area contributed by atoms with E-state index in [0.717, 1.165) is 32.1 Å². The highest BCUT2D eigenvalue weighted by Gasteiger charge is 2.61.